The fraction of sp³-hybridized carbons (Fsp3) is 0.235. The highest BCUT2D eigenvalue weighted by atomic mass is 32.2. The number of rotatable bonds is 5. The molecule has 2 aromatic carbocycles. The molecule has 0 bridgehead atoms. The van der Waals surface area contributed by atoms with Crippen molar-refractivity contribution in [1.82, 2.24) is 0 Å². The molecule has 5 nitrogen and oxygen atoms in total. The molecular formula is C17H19NO4S. The third-order valence-electron chi connectivity index (χ3n) is 3.42. The monoisotopic (exact) mass is 333 g/mol. The fourth-order valence-electron chi connectivity index (χ4n) is 2.14. The summed E-state index contributed by atoms with van der Waals surface area (Å²) in [5.41, 5.74) is 7.10. The zero-order valence-electron chi connectivity index (χ0n) is 13.2. The van der Waals surface area contributed by atoms with E-state index in [9.17, 15) is 13.2 Å². The number of hydrogen-bond donors (Lipinski definition) is 1. The summed E-state index contributed by atoms with van der Waals surface area (Å²) < 4.78 is 30.2. The van der Waals surface area contributed by atoms with Crippen LogP contribution in [0.3, 0.4) is 0 Å². The van der Waals surface area contributed by atoms with E-state index in [0.29, 0.717) is 5.75 Å². The standard InChI is InChI=1S/C17H19NO4S/c1-11(2)15-9-4-12(3)10-16(15)22-23(20,21)14-7-5-13(6-8-14)17(18)19/h4-11H,1-3H3,(H2,18,19). The molecule has 1 amide bonds. The second-order valence-electron chi connectivity index (χ2n) is 5.62. The Kier molecular flexibility index (Phi) is 4.75. The lowest BCUT2D eigenvalue weighted by Gasteiger charge is -2.14. The molecule has 0 saturated heterocycles. The SMILES string of the molecule is Cc1ccc(C(C)C)c(OS(=O)(=O)c2ccc(C(N)=O)cc2)c1. The van der Waals surface area contributed by atoms with Crippen molar-refractivity contribution in [2.45, 2.75) is 31.6 Å². The molecule has 0 atom stereocenters. The van der Waals surface area contributed by atoms with Crippen LogP contribution >= 0.6 is 0 Å². The number of nitrogens with two attached hydrogens (primary N) is 1. The summed E-state index contributed by atoms with van der Waals surface area (Å²) in [6.45, 7) is 5.79. The summed E-state index contributed by atoms with van der Waals surface area (Å²) in [4.78, 5) is 11.0. The van der Waals surface area contributed by atoms with Crippen LogP contribution in [-0.4, -0.2) is 14.3 Å². The molecule has 0 unspecified atom stereocenters. The Labute approximate surface area is 136 Å². The number of aryl methyl sites for hydroxylation is 1. The van der Waals surface area contributed by atoms with Gasteiger partial charge in [0.15, 0.2) is 0 Å². The van der Waals surface area contributed by atoms with E-state index in [1.807, 2.05) is 32.9 Å². The van der Waals surface area contributed by atoms with Crippen molar-refractivity contribution >= 4 is 16.0 Å². The zero-order valence-corrected chi connectivity index (χ0v) is 14.1. The van der Waals surface area contributed by atoms with E-state index in [4.69, 9.17) is 9.92 Å². The number of primary amides is 1. The number of benzene rings is 2. The summed E-state index contributed by atoms with van der Waals surface area (Å²) in [5.74, 6) is -0.173. The van der Waals surface area contributed by atoms with Crippen molar-refractivity contribution in [3.8, 4) is 5.75 Å². The summed E-state index contributed by atoms with van der Waals surface area (Å²) in [6, 6.07) is 10.8. The summed E-state index contributed by atoms with van der Waals surface area (Å²) in [5, 5.41) is 0. The van der Waals surface area contributed by atoms with Crippen LogP contribution in [0.1, 0.15) is 41.3 Å². The van der Waals surface area contributed by atoms with Gasteiger partial charge in [0.25, 0.3) is 0 Å². The van der Waals surface area contributed by atoms with Crippen molar-refractivity contribution in [3.05, 3.63) is 59.2 Å². The Balaban J connectivity index is 2.38. The lowest BCUT2D eigenvalue weighted by molar-refractivity contribution is 0.1000. The average Bonchev–Trinajstić information content (AvgIpc) is 2.46. The second kappa shape index (κ2) is 6.42. The minimum atomic E-state index is -3.98. The molecular weight excluding hydrogens is 314 g/mol. The number of amides is 1. The molecule has 0 aromatic heterocycles. The molecule has 0 radical (unpaired) electrons. The predicted molar refractivity (Wildman–Crippen MR) is 88.0 cm³/mol. The Morgan fingerprint density at radius 2 is 1.70 bits per heavy atom. The molecule has 0 aliphatic rings. The van der Waals surface area contributed by atoms with Crippen LogP contribution in [0.25, 0.3) is 0 Å². The molecule has 0 aliphatic heterocycles. The van der Waals surface area contributed by atoms with Crippen LogP contribution in [-0.2, 0) is 10.1 Å². The number of hydrogen-bond acceptors (Lipinski definition) is 4. The van der Waals surface area contributed by atoms with E-state index in [0.717, 1.165) is 11.1 Å². The van der Waals surface area contributed by atoms with Gasteiger partial charge in [0.1, 0.15) is 10.6 Å². The quantitative estimate of drug-likeness (QED) is 0.852. The van der Waals surface area contributed by atoms with Gasteiger partial charge in [-0.05, 0) is 54.3 Å². The van der Waals surface area contributed by atoms with Gasteiger partial charge in [-0.25, -0.2) is 0 Å². The van der Waals surface area contributed by atoms with Crippen LogP contribution < -0.4 is 9.92 Å². The third-order valence-corrected chi connectivity index (χ3v) is 4.67. The smallest absolute Gasteiger partial charge is 0.339 e. The van der Waals surface area contributed by atoms with E-state index >= 15 is 0 Å². The molecule has 0 saturated carbocycles. The lowest BCUT2D eigenvalue weighted by Crippen LogP contribution is -2.13. The number of carbonyl (C=O) groups is 1. The zero-order chi connectivity index (χ0) is 17.2. The first-order valence-electron chi connectivity index (χ1n) is 7.15. The van der Waals surface area contributed by atoms with Crippen LogP contribution in [0.15, 0.2) is 47.4 Å². The van der Waals surface area contributed by atoms with Crippen molar-refractivity contribution in [3.63, 3.8) is 0 Å². The molecule has 2 N–H and O–H groups in total. The topological polar surface area (TPSA) is 86.5 Å². The van der Waals surface area contributed by atoms with Crippen LogP contribution in [0.2, 0.25) is 0 Å². The maximum Gasteiger partial charge on any atom is 0.339 e. The minimum absolute atomic E-state index is 0.0290. The largest absolute Gasteiger partial charge is 0.379 e. The van der Waals surface area contributed by atoms with Gasteiger partial charge in [0, 0.05) is 5.56 Å². The van der Waals surface area contributed by atoms with Gasteiger partial charge in [0.2, 0.25) is 5.91 Å². The van der Waals surface area contributed by atoms with Gasteiger partial charge >= 0.3 is 10.1 Å². The van der Waals surface area contributed by atoms with Crippen molar-refractivity contribution in [1.29, 1.82) is 0 Å². The van der Waals surface area contributed by atoms with Gasteiger partial charge in [-0.2, -0.15) is 8.42 Å². The first-order chi connectivity index (χ1) is 10.7. The minimum Gasteiger partial charge on any atom is -0.379 e. The maximum absolute atomic E-state index is 12.4. The van der Waals surface area contributed by atoms with Gasteiger partial charge in [-0.3, -0.25) is 4.79 Å². The van der Waals surface area contributed by atoms with E-state index in [2.05, 4.69) is 0 Å². The Bertz CT molecular complexity index is 824. The third kappa shape index (κ3) is 3.90. The molecule has 6 heteroatoms. The molecule has 0 spiro atoms. The van der Waals surface area contributed by atoms with Gasteiger partial charge in [-0.1, -0.05) is 26.0 Å². The van der Waals surface area contributed by atoms with Gasteiger partial charge < -0.3 is 9.92 Å². The fourth-order valence-corrected chi connectivity index (χ4v) is 3.09. The molecule has 2 rings (SSSR count). The van der Waals surface area contributed by atoms with Crippen LogP contribution in [0, 0.1) is 6.92 Å². The van der Waals surface area contributed by atoms with E-state index < -0.39 is 16.0 Å². The van der Waals surface area contributed by atoms with Crippen molar-refractivity contribution in [2.75, 3.05) is 0 Å². The molecule has 2 aromatic rings. The van der Waals surface area contributed by atoms with Gasteiger partial charge in [0.05, 0.1) is 0 Å². The second-order valence-corrected chi connectivity index (χ2v) is 7.17. The molecule has 0 aliphatic carbocycles. The Hall–Kier alpha value is -2.34. The molecule has 0 heterocycles. The molecule has 122 valence electrons. The van der Waals surface area contributed by atoms with Crippen molar-refractivity contribution in [2.24, 2.45) is 5.73 Å². The predicted octanol–water partition coefficient (Wildman–Crippen LogP) is 2.99. The summed E-state index contributed by atoms with van der Waals surface area (Å²) in [7, 11) is -3.98. The molecule has 0 fully saturated rings. The van der Waals surface area contributed by atoms with E-state index in [-0.39, 0.29) is 16.4 Å². The molecule has 23 heavy (non-hydrogen) atoms. The Morgan fingerprint density at radius 1 is 1.09 bits per heavy atom. The normalized spacial score (nSPS) is 11.5. The highest BCUT2D eigenvalue weighted by Crippen LogP contribution is 2.30. The highest BCUT2D eigenvalue weighted by molar-refractivity contribution is 7.87. The van der Waals surface area contributed by atoms with Crippen molar-refractivity contribution < 1.29 is 17.4 Å². The van der Waals surface area contributed by atoms with Crippen LogP contribution in [0.5, 0.6) is 5.75 Å². The van der Waals surface area contributed by atoms with E-state index in [1.165, 1.54) is 24.3 Å². The summed E-state index contributed by atoms with van der Waals surface area (Å²) in [6.07, 6.45) is 0. The summed E-state index contributed by atoms with van der Waals surface area (Å²) >= 11 is 0. The maximum atomic E-state index is 12.4. The number of carbonyl (C=O) groups excluding carboxylic acids is 1. The Morgan fingerprint density at radius 3 is 2.22 bits per heavy atom. The first kappa shape index (κ1) is 17.0. The highest BCUT2D eigenvalue weighted by Gasteiger charge is 2.20. The van der Waals surface area contributed by atoms with Gasteiger partial charge in [-0.15, -0.1) is 0 Å². The van der Waals surface area contributed by atoms with E-state index in [1.54, 1.807) is 6.07 Å². The lowest BCUT2D eigenvalue weighted by atomic mass is 10.0. The van der Waals surface area contributed by atoms with Crippen LogP contribution in [0.4, 0.5) is 0 Å². The first-order valence-corrected chi connectivity index (χ1v) is 8.56. The average molecular weight is 333 g/mol.